The predicted octanol–water partition coefficient (Wildman–Crippen LogP) is 6.04. The maximum atomic E-state index is 13.1. The lowest BCUT2D eigenvalue weighted by Crippen LogP contribution is -2.25. The number of carbonyl (C=O) groups is 1. The molecule has 4 aromatic rings. The largest absolute Gasteiger partial charge is 0.493 e. The third kappa shape index (κ3) is 4.81. The summed E-state index contributed by atoms with van der Waals surface area (Å²) in [5.41, 5.74) is 5.28. The first-order chi connectivity index (χ1) is 17.5. The summed E-state index contributed by atoms with van der Waals surface area (Å²) in [6.45, 7) is 8.67. The normalized spacial score (nSPS) is 15.6. The van der Waals surface area contributed by atoms with Crippen molar-refractivity contribution in [3.63, 3.8) is 0 Å². The summed E-state index contributed by atoms with van der Waals surface area (Å²) in [4.78, 5) is 20.0. The molecule has 0 saturated carbocycles. The number of nitrogens with zero attached hydrogens (tertiary/aromatic N) is 3. The summed E-state index contributed by atoms with van der Waals surface area (Å²) in [5, 5.41) is 0. The SMILES string of the molecule is CCOc1ccccc1N1C[C@@H](c2nc3ccccc3n2CCCOc2ccc(C)cc2C)CC1=O. The Balaban J connectivity index is 1.35. The second-order valence-corrected chi connectivity index (χ2v) is 9.39. The second kappa shape index (κ2) is 10.4. The molecule has 1 saturated heterocycles. The van der Waals surface area contributed by atoms with Crippen LogP contribution in [0, 0.1) is 13.8 Å². The maximum absolute atomic E-state index is 13.1. The molecule has 0 unspecified atom stereocenters. The fraction of sp³-hybridized carbons (Fsp3) is 0.333. The maximum Gasteiger partial charge on any atom is 0.227 e. The van der Waals surface area contributed by atoms with Gasteiger partial charge in [0, 0.05) is 25.4 Å². The van der Waals surface area contributed by atoms with E-state index in [0.29, 0.717) is 26.2 Å². The van der Waals surface area contributed by atoms with Crippen molar-refractivity contribution in [1.82, 2.24) is 9.55 Å². The van der Waals surface area contributed by atoms with Gasteiger partial charge in [0.15, 0.2) is 0 Å². The smallest absolute Gasteiger partial charge is 0.227 e. The molecule has 0 spiro atoms. The number of rotatable bonds is 9. The van der Waals surface area contributed by atoms with Gasteiger partial charge in [0.05, 0.1) is 29.9 Å². The average molecular weight is 484 g/mol. The number of hydrogen-bond donors (Lipinski definition) is 0. The molecule has 1 aromatic heterocycles. The Morgan fingerprint density at radius 1 is 0.972 bits per heavy atom. The minimum absolute atomic E-state index is 0.0137. The molecular formula is C30H33N3O3. The molecule has 186 valence electrons. The number of aromatic nitrogens is 2. The lowest BCUT2D eigenvalue weighted by molar-refractivity contribution is -0.117. The molecule has 1 atom stereocenters. The van der Waals surface area contributed by atoms with Gasteiger partial charge in [0.25, 0.3) is 0 Å². The summed E-state index contributed by atoms with van der Waals surface area (Å²) >= 11 is 0. The molecule has 36 heavy (non-hydrogen) atoms. The first kappa shape index (κ1) is 23.9. The molecule has 0 aliphatic carbocycles. The van der Waals surface area contributed by atoms with E-state index in [2.05, 4.69) is 36.6 Å². The molecule has 6 heteroatoms. The Bertz CT molecular complexity index is 1380. The lowest BCUT2D eigenvalue weighted by atomic mass is 10.1. The van der Waals surface area contributed by atoms with Crippen molar-refractivity contribution in [2.75, 3.05) is 24.7 Å². The highest BCUT2D eigenvalue weighted by molar-refractivity contribution is 5.97. The molecule has 2 heterocycles. The highest BCUT2D eigenvalue weighted by Crippen LogP contribution is 2.37. The number of ether oxygens (including phenoxy) is 2. The van der Waals surface area contributed by atoms with Crippen LogP contribution in [0.5, 0.6) is 11.5 Å². The first-order valence-corrected chi connectivity index (χ1v) is 12.7. The van der Waals surface area contributed by atoms with Gasteiger partial charge in [-0.05, 0) is 63.1 Å². The minimum Gasteiger partial charge on any atom is -0.493 e. The molecule has 1 aliphatic heterocycles. The number of imidazole rings is 1. The van der Waals surface area contributed by atoms with Crippen LogP contribution in [0.25, 0.3) is 11.0 Å². The van der Waals surface area contributed by atoms with E-state index < -0.39 is 0 Å². The number of para-hydroxylation sites is 4. The highest BCUT2D eigenvalue weighted by Gasteiger charge is 2.35. The van der Waals surface area contributed by atoms with Crippen LogP contribution in [0.3, 0.4) is 0 Å². The third-order valence-corrected chi connectivity index (χ3v) is 6.74. The zero-order valence-corrected chi connectivity index (χ0v) is 21.2. The number of benzene rings is 3. The number of fused-ring (bicyclic) bond motifs is 1. The molecular weight excluding hydrogens is 450 g/mol. The van der Waals surface area contributed by atoms with E-state index in [9.17, 15) is 4.79 Å². The molecule has 1 aliphatic rings. The van der Waals surface area contributed by atoms with E-state index in [1.165, 1.54) is 5.56 Å². The summed E-state index contributed by atoms with van der Waals surface area (Å²) < 4.78 is 14.2. The van der Waals surface area contributed by atoms with Gasteiger partial charge in [-0.3, -0.25) is 4.79 Å². The van der Waals surface area contributed by atoms with Gasteiger partial charge in [0.2, 0.25) is 5.91 Å². The molecule has 0 N–H and O–H groups in total. The average Bonchev–Trinajstić information content (AvgIpc) is 3.44. The van der Waals surface area contributed by atoms with Crippen LogP contribution in [-0.2, 0) is 11.3 Å². The number of anilines is 1. The fourth-order valence-electron chi connectivity index (χ4n) is 5.08. The predicted molar refractivity (Wildman–Crippen MR) is 143 cm³/mol. The molecule has 5 rings (SSSR count). The van der Waals surface area contributed by atoms with E-state index in [1.807, 2.05) is 60.4 Å². The van der Waals surface area contributed by atoms with Gasteiger partial charge in [-0.15, -0.1) is 0 Å². The van der Waals surface area contributed by atoms with Crippen LogP contribution in [-0.4, -0.2) is 35.2 Å². The van der Waals surface area contributed by atoms with Gasteiger partial charge in [-0.1, -0.05) is 42.0 Å². The van der Waals surface area contributed by atoms with E-state index in [1.54, 1.807) is 0 Å². The van der Waals surface area contributed by atoms with Crippen molar-refractivity contribution in [3.8, 4) is 11.5 Å². The molecule has 0 bridgehead atoms. The minimum atomic E-state index is 0.0137. The number of carbonyl (C=O) groups excluding carboxylic acids is 1. The molecule has 1 fully saturated rings. The van der Waals surface area contributed by atoms with Gasteiger partial charge < -0.3 is 18.9 Å². The van der Waals surface area contributed by atoms with E-state index >= 15 is 0 Å². The van der Waals surface area contributed by atoms with E-state index in [4.69, 9.17) is 14.5 Å². The number of aryl methyl sites for hydroxylation is 3. The van der Waals surface area contributed by atoms with Gasteiger partial charge >= 0.3 is 0 Å². The summed E-state index contributed by atoms with van der Waals surface area (Å²) in [6.07, 6.45) is 1.28. The van der Waals surface area contributed by atoms with Crippen molar-refractivity contribution < 1.29 is 14.3 Å². The van der Waals surface area contributed by atoms with Crippen molar-refractivity contribution in [1.29, 1.82) is 0 Å². The Labute approximate surface area is 212 Å². The van der Waals surface area contributed by atoms with Crippen molar-refractivity contribution in [3.05, 3.63) is 83.7 Å². The fourth-order valence-corrected chi connectivity index (χ4v) is 5.08. The Hall–Kier alpha value is -3.80. The number of amides is 1. The van der Waals surface area contributed by atoms with E-state index in [0.717, 1.165) is 52.6 Å². The van der Waals surface area contributed by atoms with Gasteiger partial charge in [-0.2, -0.15) is 0 Å². The van der Waals surface area contributed by atoms with Crippen LogP contribution in [0.1, 0.15) is 42.6 Å². The summed E-state index contributed by atoms with van der Waals surface area (Å²) in [7, 11) is 0. The zero-order valence-electron chi connectivity index (χ0n) is 21.2. The van der Waals surface area contributed by atoms with Crippen LogP contribution >= 0.6 is 0 Å². The Morgan fingerprint density at radius 3 is 2.61 bits per heavy atom. The monoisotopic (exact) mass is 483 g/mol. The van der Waals surface area contributed by atoms with Gasteiger partial charge in [-0.25, -0.2) is 4.98 Å². The van der Waals surface area contributed by atoms with Crippen LogP contribution in [0.15, 0.2) is 66.7 Å². The Morgan fingerprint density at radius 2 is 1.78 bits per heavy atom. The van der Waals surface area contributed by atoms with E-state index in [-0.39, 0.29) is 11.8 Å². The molecule has 3 aromatic carbocycles. The van der Waals surface area contributed by atoms with Crippen LogP contribution in [0.2, 0.25) is 0 Å². The summed E-state index contributed by atoms with van der Waals surface area (Å²) in [6, 6.07) is 22.2. The van der Waals surface area contributed by atoms with Gasteiger partial charge in [0.1, 0.15) is 17.3 Å². The highest BCUT2D eigenvalue weighted by atomic mass is 16.5. The first-order valence-electron chi connectivity index (χ1n) is 12.7. The van der Waals surface area contributed by atoms with Crippen molar-refractivity contribution in [2.45, 2.75) is 46.1 Å². The number of hydrogen-bond acceptors (Lipinski definition) is 4. The second-order valence-electron chi connectivity index (χ2n) is 9.39. The van der Waals surface area contributed by atoms with Crippen LogP contribution in [0.4, 0.5) is 5.69 Å². The molecule has 0 radical (unpaired) electrons. The molecule has 1 amide bonds. The third-order valence-electron chi connectivity index (χ3n) is 6.74. The topological polar surface area (TPSA) is 56.6 Å². The molecule has 6 nitrogen and oxygen atoms in total. The summed E-state index contributed by atoms with van der Waals surface area (Å²) in [5.74, 6) is 2.75. The lowest BCUT2D eigenvalue weighted by Gasteiger charge is -2.20. The standard InChI is InChI=1S/C30H33N3O3/c1-4-35-28-13-8-7-12-26(28)33-20-23(19-29(33)34)30-31-24-10-5-6-11-25(24)32(30)16-9-17-36-27-15-14-21(2)18-22(27)3/h5-8,10-15,18,23H,4,9,16-17,19-20H2,1-3H3/t23-/m0/s1. The van der Waals surface area contributed by atoms with Crippen molar-refractivity contribution >= 4 is 22.6 Å². The zero-order chi connectivity index (χ0) is 25.1. The quantitative estimate of drug-likeness (QED) is 0.272. The Kier molecular flexibility index (Phi) is 6.94. The van der Waals surface area contributed by atoms with Crippen LogP contribution < -0.4 is 14.4 Å². The van der Waals surface area contributed by atoms with Crippen molar-refractivity contribution in [2.24, 2.45) is 0 Å².